The van der Waals surface area contributed by atoms with Gasteiger partial charge in [-0.1, -0.05) is 6.07 Å². The molecule has 1 aliphatic heterocycles. The quantitative estimate of drug-likeness (QED) is 0.767. The van der Waals surface area contributed by atoms with Crippen LogP contribution >= 0.6 is 0 Å². The summed E-state index contributed by atoms with van der Waals surface area (Å²) < 4.78 is 31.1. The number of nitrogens with one attached hydrogen (secondary N) is 1. The molecule has 1 atom stereocenters. The Morgan fingerprint density at radius 3 is 2.65 bits per heavy atom. The van der Waals surface area contributed by atoms with Gasteiger partial charge in [-0.15, -0.1) is 0 Å². The van der Waals surface area contributed by atoms with Crippen molar-refractivity contribution in [3.05, 3.63) is 29.3 Å². The van der Waals surface area contributed by atoms with E-state index >= 15 is 0 Å². The molecule has 0 radical (unpaired) electrons. The Morgan fingerprint density at radius 2 is 2.12 bits per heavy atom. The molecule has 5 nitrogen and oxygen atoms in total. The molecule has 2 rings (SSSR count). The van der Waals surface area contributed by atoms with Crippen LogP contribution in [0.25, 0.3) is 0 Å². The Bertz CT molecular complexity index is 565. The molecule has 1 aliphatic rings. The largest absolute Gasteiger partial charge is 0.355 e. The molecule has 0 bridgehead atoms. The van der Waals surface area contributed by atoms with Crippen LogP contribution in [0.2, 0.25) is 0 Å². The van der Waals surface area contributed by atoms with Crippen LogP contribution in [-0.2, 0) is 14.9 Å². The molecule has 1 aromatic rings. The minimum Gasteiger partial charge on any atom is -0.355 e. The number of amides is 1. The molecule has 1 aromatic carbocycles. The molecule has 1 amide bonds. The van der Waals surface area contributed by atoms with Gasteiger partial charge in [0.2, 0.25) is 5.91 Å². The van der Waals surface area contributed by atoms with E-state index in [4.69, 9.17) is 4.55 Å². The normalized spacial score (nSPS) is 20.4. The van der Waals surface area contributed by atoms with Crippen LogP contribution in [0.4, 0.5) is 0 Å². The second kappa shape index (κ2) is 4.12. The second-order valence-corrected chi connectivity index (χ2v) is 5.62. The molecule has 6 heteroatoms. The van der Waals surface area contributed by atoms with Gasteiger partial charge < -0.3 is 5.32 Å². The fraction of sp³-hybridized carbons (Fsp3) is 0.364. The van der Waals surface area contributed by atoms with Crippen LogP contribution in [0.5, 0.6) is 0 Å². The molecular weight excluding hydrogens is 242 g/mol. The van der Waals surface area contributed by atoms with Gasteiger partial charge in [-0.05, 0) is 30.2 Å². The van der Waals surface area contributed by atoms with Crippen molar-refractivity contribution in [1.29, 1.82) is 0 Å². The summed E-state index contributed by atoms with van der Waals surface area (Å²) in [5.41, 5.74) is 1.71. The lowest BCUT2D eigenvalue weighted by Crippen LogP contribution is -2.13. The number of carbonyl (C=O) groups is 1. The highest BCUT2D eigenvalue weighted by Crippen LogP contribution is 2.28. The maximum atomic E-state index is 11.1. The molecule has 1 heterocycles. The lowest BCUT2D eigenvalue weighted by molar-refractivity contribution is -0.119. The summed E-state index contributed by atoms with van der Waals surface area (Å²) >= 11 is 0. The van der Waals surface area contributed by atoms with E-state index < -0.39 is 10.1 Å². The zero-order valence-electron chi connectivity index (χ0n) is 9.30. The van der Waals surface area contributed by atoms with Crippen LogP contribution in [0.15, 0.2) is 23.1 Å². The van der Waals surface area contributed by atoms with Crippen LogP contribution in [0.1, 0.15) is 23.5 Å². The molecule has 92 valence electrons. The van der Waals surface area contributed by atoms with Crippen molar-refractivity contribution >= 4 is 16.0 Å². The third kappa shape index (κ3) is 2.48. The van der Waals surface area contributed by atoms with Crippen molar-refractivity contribution in [2.45, 2.75) is 24.2 Å². The summed E-state index contributed by atoms with van der Waals surface area (Å²) in [6.07, 6.45) is 0.357. The van der Waals surface area contributed by atoms with Crippen LogP contribution in [-0.4, -0.2) is 25.4 Å². The van der Waals surface area contributed by atoms with Gasteiger partial charge >= 0.3 is 0 Å². The van der Waals surface area contributed by atoms with Crippen LogP contribution in [0, 0.1) is 6.92 Å². The van der Waals surface area contributed by atoms with Gasteiger partial charge in [-0.3, -0.25) is 9.35 Å². The first-order valence-corrected chi connectivity index (χ1v) is 6.66. The lowest BCUT2D eigenvalue weighted by Gasteiger charge is -2.12. The molecule has 17 heavy (non-hydrogen) atoms. The fourth-order valence-corrected chi connectivity index (χ4v) is 2.56. The van der Waals surface area contributed by atoms with Crippen LogP contribution < -0.4 is 5.32 Å². The minimum atomic E-state index is -4.19. The smallest absolute Gasteiger partial charge is 0.294 e. The van der Waals surface area contributed by atoms with Crippen LogP contribution in [0.3, 0.4) is 0 Å². The van der Waals surface area contributed by atoms with E-state index in [1.165, 1.54) is 12.1 Å². The SMILES string of the molecule is Cc1ccc(S(=O)(=O)O)cc1C1CNC(=O)C1. The van der Waals surface area contributed by atoms with Crippen molar-refractivity contribution in [3.8, 4) is 0 Å². The van der Waals surface area contributed by atoms with E-state index in [1.54, 1.807) is 6.07 Å². The molecule has 1 saturated heterocycles. The van der Waals surface area contributed by atoms with Gasteiger partial charge in [-0.2, -0.15) is 8.42 Å². The monoisotopic (exact) mass is 255 g/mol. The van der Waals surface area contributed by atoms with E-state index in [1.807, 2.05) is 6.92 Å². The Morgan fingerprint density at radius 1 is 1.41 bits per heavy atom. The predicted octanol–water partition coefficient (Wildman–Crippen LogP) is 0.845. The number of carbonyl (C=O) groups excluding carboxylic acids is 1. The molecule has 0 aliphatic carbocycles. The standard InChI is InChI=1S/C11H13NO4S/c1-7-2-3-9(17(14,15)16)5-10(7)8-4-11(13)12-6-8/h2-3,5,8H,4,6H2,1H3,(H,12,13)(H,14,15,16). The lowest BCUT2D eigenvalue weighted by atomic mass is 9.94. The zero-order valence-corrected chi connectivity index (χ0v) is 10.1. The van der Waals surface area contributed by atoms with Gasteiger partial charge in [0, 0.05) is 18.9 Å². The highest BCUT2D eigenvalue weighted by molar-refractivity contribution is 7.85. The number of benzene rings is 1. The third-order valence-corrected chi connectivity index (χ3v) is 3.82. The van der Waals surface area contributed by atoms with Gasteiger partial charge in [0.05, 0.1) is 4.90 Å². The summed E-state index contributed by atoms with van der Waals surface area (Å²) in [6.45, 7) is 2.36. The summed E-state index contributed by atoms with van der Waals surface area (Å²) in [6, 6.07) is 4.44. The summed E-state index contributed by atoms with van der Waals surface area (Å²) in [7, 11) is -4.19. The molecule has 2 N–H and O–H groups in total. The Labute approximate surface area is 99.6 Å². The summed E-state index contributed by atoms with van der Waals surface area (Å²) in [5, 5.41) is 2.70. The second-order valence-electron chi connectivity index (χ2n) is 4.20. The first-order valence-electron chi connectivity index (χ1n) is 5.22. The van der Waals surface area contributed by atoms with Gasteiger partial charge in [-0.25, -0.2) is 0 Å². The third-order valence-electron chi connectivity index (χ3n) is 2.97. The van der Waals surface area contributed by atoms with E-state index in [-0.39, 0.29) is 16.7 Å². The molecule has 1 unspecified atom stereocenters. The maximum Gasteiger partial charge on any atom is 0.294 e. The van der Waals surface area contributed by atoms with Gasteiger partial charge in [0.15, 0.2) is 0 Å². The topological polar surface area (TPSA) is 83.5 Å². The average Bonchev–Trinajstić information content (AvgIpc) is 2.63. The fourth-order valence-electron chi connectivity index (χ4n) is 2.04. The Balaban J connectivity index is 2.43. The van der Waals surface area contributed by atoms with E-state index in [0.29, 0.717) is 13.0 Å². The predicted molar refractivity (Wildman–Crippen MR) is 61.4 cm³/mol. The number of hydrogen-bond donors (Lipinski definition) is 2. The van der Waals surface area contributed by atoms with E-state index in [0.717, 1.165) is 11.1 Å². The molecule has 0 saturated carbocycles. The average molecular weight is 255 g/mol. The Hall–Kier alpha value is -1.40. The summed E-state index contributed by atoms with van der Waals surface area (Å²) in [5.74, 6) is -0.0594. The zero-order chi connectivity index (χ0) is 12.6. The first kappa shape index (κ1) is 12.1. The van der Waals surface area contributed by atoms with E-state index in [2.05, 4.69) is 5.32 Å². The van der Waals surface area contributed by atoms with Gasteiger partial charge in [0.25, 0.3) is 10.1 Å². The van der Waals surface area contributed by atoms with E-state index in [9.17, 15) is 13.2 Å². The number of aryl methyl sites for hydroxylation is 1. The molecule has 0 aromatic heterocycles. The minimum absolute atomic E-state index is 0.0239. The Kier molecular flexibility index (Phi) is 2.92. The van der Waals surface area contributed by atoms with Crippen molar-refractivity contribution in [2.24, 2.45) is 0 Å². The van der Waals surface area contributed by atoms with Crippen molar-refractivity contribution < 1.29 is 17.8 Å². The molecule has 0 spiro atoms. The highest BCUT2D eigenvalue weighted by atomic mass is 32.2. The number of hydrogen-bond acceptors (Lipinski definition) is 3. The highest BCUT2D eigenvalue weighted by Gasteiger charge is 2.25. The van der Waals surface area contributed by atoms with Crippen molar-refractivity contribution in [3.63, 3.8) is 0 Å². The summed E-state index contributed by atoms with van der Waals surface area (Å²) in [4.78, 5) is 11.0. The number of rotatable bonds is 2. The molecular formula is C11H13NO4S. The maximum absolute atomic E-state index is 11.1. The van der Waals surface area contributed by atoms with Crippen molar-refractivity contribution in [1.82, 2.24) is 5.32 Å². The molecule has 1 fully saturated rings. The first-order chi connectivity index (χ1) is 7.88. The van der Waals surface area contributed by atoms with Crippen molar-refractivity contribution in [2.75, 3.05) is 6.54 Å². The van der Waals surface area contributed by atoms with Gasteiger partial charge in [0.1, 0.15) is 0 Å².